The number of nitrogens with two attached hydrogens (primary N) is 2. The van der Waals surface area contributed by atoms with Gasteiger partial charge in [0.2, 0.25) is 17.7 Å². The highest BCUT2D eigenvalue weighted by molar-refractivity contribution is 5.95. The lowest BCUT2D eigenvalue weighted by Crippen LogP contribution is -2.58. The molecule has 3 amide bonds. The molecule has 0 bridgehead atoms. The third-order valence-electron chi connectivity index (χ3n) is 5.12. The molecule has 0 aliphatic carbocycles. The van der Waals surface area contributed by atoms with Gasteiger partial charge in [0.15, 0.2) is 0 Å². The van der Waals surface area contributed by atoms with E-state index in [0.29, 0.717) is 24.9 Å². The van der Waals surface area contributed by atoms with Crippen molar-refractivity contribution >= 4 is 29.7 Å². The number of phenolic OH excluding ortho intramolecular Hbond substituents is 1. The summed E-state index contributed by atoms with van der Waals surface area (Å²) in [5, 5.41) is 44.0. The van der Waals surface area contributed by atoms with Gasteiger partial charge in [-0.1, -0.05) is 18.6 Å². The Balaban J connectivity index is 2.85. The predicted molar refractivity (Wildman–Crippen MR) is 125 cm³/mol. The van der Waals surface area contributed by atoms with Crippen LogP contribution in [0.15, 0.2) is 24.3 Å². The Kier molecular flexibility index (Phi) is 12.9. The van der Waals surface area contributed by atoms with Gasteiger partial charge in [0.25, 0.3) is 0 Å². The van der Waals surface area contributed by atoms with Gasteiger partial charge in [-0.15, -0.1) is 0 Å². The van der Waals surface area contributed by atoms with Crippen molar-refractivity contribution in [3.05, 3.63) is 29.8 Å². The number of aliphatic hydroxyl groups excluding tert-OH is 1. The lowest BCUT2D eigenvalue weighted by molar-refractivity contribution is -0.143. The van der Waals surface area contributed by atoms with Crippen LogP contribution in [0.4, 0.5) is 0 Å². The number of nitrogens with one attached hydrogen (secondary N) is 3. The third-order valence-corrected chi connectivity index (χ3v) is 5.12. The Morgan fingerprint density at radius 3 is 1.92 bits per heavy atom. The number of phenols is 1. The molecule has 0 heterocycles. The normalized spacial score (nSPS) is 14.1. The smallest absolute Gasteiger partial charge is 0.326 e. The number of benzene rings is 1. The quantitative estimate of drug-likeness (QED) is 0.104. The molecule has 4 unspecified atom stereocenters. The Bertz CT molecular complexity index is 910. The number of carboxylic acid groups (broad SMARTS) is 2. The van der Waals surface area contributed by atoms with Crippen LogP contribution < -0.4 is 27.4 Å². The van der Waals surface area contributed by atoms with Crippen LogP contribution in [-0.2, 0) is 30.4 Å². The second-order valence-electron chi connectivity index (χ2n) is 8.06. The van der Waals surface area contributed by atoms with Crippen LogP contribution in [0.3, 0.4) is 0 Å². The number of carbonyl (C=O) groups is 5. The molecule has 200 valence electrons. The molecule has 0 saturated heterocycles. The molecule has 0 fully saturated rings. The van der Waals surface area contributed by atoms with Crippen LogP contribution in [-0.4, -0.2) is 87.4 Å². The van der Waals surface area contributed by atoms with Crippen molar-refractivity contribution in [3.63, 3.8) is 0 Å². The summed E-state index contributed by atoms with van der Waals surface area (Å²) < 4.78 is 0. The number of hydrogen-bond acceptors (Lipinski definition) is 9. The van der Waals surface area contributed by atoms with E-state index in [-0.39, 0.29) is 18.6 Å². The fourth-order valence-electron chi connectivity index (χ4n) is 3.11. The number of aliphatic hydroxyl groups is 1. The summed E-state index contributed by atoms with van der Waals surface area (Å²) in [4.78, 5) is 60.3. The Morgan fingerprint density at radius 1 is 0.833 bits per heavy atom. The molecule has 4 atom stereocenters. The van der Waals surface area contributed by atoms with Crippen molar-refractivity contribution in [2.24, 2.45) is 11.5 Å². The SMILES string of the molecule is NCCCCC(N)C(=O)NC(CC(=O)O)C(=O)NC(CO)C(=O)NC(Cc1ccc(O)cc1)C(=O)O. The summed E-state index contributed by atoms with van der Waals surface area (Å²) in [5.41, 5.74) is 11.6. The van der Waals surface area contributed by atoms with E-state index in [4.69, 9.17) is 16.6 Å². The van der Waals surface area contributed by atoms with Crippen molar-refractivity contribution in [3.8, 4) is 5.75 Å². The minimum absolute atomic E-state index is 0.0303. The maximum absolute atomic E-state index is 12.6. The van der Waals surface area contributed by atoms with Gasteiger partial charge in [-0.2, -0.15) is 0 Å². The molecular formula is C22H33N5O9. The first kappa shape index (κ1) is 30.3. The number of rotatable bonds is 16. The minimum atomic E-state index is -1.63. The van der Waals surface area contributed by atoms with Crippen molar-refractivity contribution in [2.45, 2.75) is 56.3 Å². The third kappa shape index (κ3) is 10.7. The standard InChI is InChI=1S/C22H33N5O9/c23-8-2-1-3-14(24)19(32)25-15(10-18(30)31)20(33)27-17(11-28)21(34)26-16(22(35)36)9-12-4-6-13(29)7-5-12/h4-7,14-17,28-29H,1-3,8-11,23-24H2,(H,25,32)(H,26,34)(H,27,33)(H,30,31)(H,35,36). The van der Waals surface area contributed by atoms with E-state index >= 15 is 0 Å². The van der Waals surface area contributed by atoms with Gasteiger partial charge in [-0.25, -0.2) is 4.79 Å². The fraction of sp³-hybridized carbons (Fsp3) is 0.500. The van der Waals surface area contributed by atoms with Crippen LogP contribution in [0.25, 0.3) is 0 Å². The van der Waals surface area contributed by atoms with Crippen molar-refractivity contribution in [1.82, 2.24) is 16.0 Å². The van der Waals surface area contributed by atoms with Gasteiger partial charge in [-0.3, -0.25) is 19.2 Å². The Hall–Kier alpha value is -3.75. The van der Waals surface area contributed by atoms with Crippen molar-refractivity contribution in [1.29, 1.82) is 0 Å². The van der Waals surface area contributed by atoms with Crippen LogP contribution >= 0.6 is 0 Å². The minimum Gasteiger partial charge on any atom is -0.508 e. The largest absolute Gasteiger partial charge is 0.508 e. The maximum atomic E-state index is 12.6. The molecule has 1 rings (SSSR count). The molecule has 0 spiro atoms. The Labute approximate surface area is 207 Å². The number of carbonyl (C=O) groups excluding carboxylic acids is 3. The van der Waals surface area contributed by atoms with E-state index in [1.165, 1.54) is 24.3 Å². The fourth-order valence-corrected chi connectivity index (χ4v) is 3.11. The van der Waals surface area contributed by atoms with Crippen LogP contribution in [0.5, 0.6) is 5.75 Å². The number of amides is 3. The first-order valence-electron chi connectivity index (χ1n) is 11.2. The zero-order valence-electron chi connectivity index (χ0n) is 19.6. The van der Waals surface area contributed by atoms with Crippen molar-refractivity contribution < 1.29 is 44.4 Å². The van der Waals surface area contributed by atoms with Crippen molar-refractivity contribution in [2.75, 3.05) is 13.2 Å². The molecule has 11 N–H and O–H groups in total. The van der Waals surface area contributed by atoms with Crippen LogP contribution in [0.1, 0.15) is 31.2 Å². The van der Waals surface area contributed by atoms with Crippen LogP contribution in [0.2, 0.25) is 0 Å². The number of unbranched alkanes of at least 4 members (excludes halogenated alkanes) is 1. The molecule has 0 saturated carbocycles. The number of carboxylic acids is 2. The summed E-state index contributed by atoms with van der Waals surface area (Å²) in [7, 11) is 0. The van der Waals surface area contributed by atoms with E-state index in [2.05, 4.69) is 16.0 Å². The highest BCUT2D eigenvalue weighted by Crippen LogP contribution is 2.11. The lowest BCUT2D eigenvalue weighted by atomic mass is 10.1. The molecule has 14 heteroatoms. The molecular weight excluding hydrogens is 478 g/mol. The molecule has 0 aliphatic rings. The number of aromatic hydroxyl groups is 1. The highest BCUT2D eigenvalue weighted by Gasteiger charge is 2.31. The number of hydrogen-bond donors (Lipinski definition) is 9. The van der Waals surface area contributed by atoms with E-state index in [1.807, 2.05) is 0 Å². The van der Waals surface area contributed by atoms with E-state index in [9.17, 15) is 39.3 Å². The summed E-state index contributed by atoms with van der Waals surface area (Å²) in [5.74, 6) is -5.75. The number of aliphatic carboxylic acids is 2. The second kappa shape index (κ2) is 15.3. The van der Waals surface area contributed by atoms with Crippen LogP contribution in [0, 0.1) is 0 Å². The van der Waals surface area contributed by atoms with Gasteiger partial charge in [0, 0.05) is 6.42 Å². The van der Waals surface area contributed by atoms with E-state index < -0.39 is 66.9 Å². The summed E-state index contributed by atoms with van der Waals surface area (Å²) in [6, 6.07) is -0.0921. The lowest BCUT2D eigenvalue weighted by Gasteiger charge is -2.23. The summed E-state index contributed by atoms with van der Waals surface area (Å²) >= 11 is 0. The molecule has 36 heavy (non-hydrogen) atoms. The molecule has 1 aromatic carbocycles. The first-order chi connectivity index (χ1) is 17.0. The van der Waals surface area contributed by atoms with E-state index in [0.717, 1.165) is 0 Å². The monoisotopic (exact) mass is 511 g/mol. The summed E-state index contributed by atoms with van der Waals surface area (Å²) in [6.45, 7) is -0.532. The molecule has 0 aliphatic heterocycles. The highest BCUT2D eigenvalue weighted by atomic mass is 16.4. The second-order valence-corrected chi connectivity index (χ2v) is 8.06. The van der Waals surface area contributed by atoms with Gasteiger partial charge in [0.05, 0.1) is 19.1 Å². The first-order valence-corrected chi connectivity index (χ1v) is 11.2. The average molecular weight is 512 g/mol. The topological polar surface area (TPSA) is 254 Å². The van der Waals surface area contributed by atoms with E-state index in [1.54, 1.807) is 0 Å². The predicted octanol–water partition coefficient (Wildman–Crippen LogP) is -2.60. The Morgan fingerprint density at radius 2 is 1.39 bits per heavy atom. The summed E-state index contributed by atoms with van der Waals surface area (Å²) in [6.07, 6.45) is 0.433. The molecule has 14 nitrogen and oxygen atoms in total. The maximum Gasteiger partial charge on any atom is 0.326 e. The van der Waals surface area contributed by atoms with Gasteiger partial charge in [0.1, 0.15) is 23.9 Å². The van der Waals surface area contributed by atoms with Gasteiger partial charge in [-0.05, 0) is 37.1 Å². The molecule has 1 aromatic rings. The zero-order valence-corrected chi connectivity index (χ0v) is 19.6. The van der Waals surface area contributed by atoms with Gasteiger partial charge >= 0.3 is 11.9 Å². The molecule has 0 aromatic heterocycles. The molecule has 0 radical (unpaired) electrons. The zero-order chi connectivity index (χ0) is 27.3. The van der Waals surface area contributed by atoms with Gasteiger partial charge < -0.3 is 47.8 Å². The average Bonchev–Trinajstić information content (AvgIpc) is 2.82.